The fourth-order valence-electron chi connectivity index (χ4n) is 5.51. The van der Waals surface area contributed by atoms with E-state index >= 15 is 0 Å². The van der Waals surface area contributed by atoms with Gasteiger partial charge in [0.2, 0.25) is 10.0 Å². The molecule has 0 amide bonds. The first-order chi connectivity index (χ1) is 16.0. The van der Waals surface area contributed by atoms with E-state index in [1.807, 2.05) is 28.8 Å². The zero-order chi connectivity index (χ0) is 22.6. The fraction of sp³-hybridized carbons (Fsp3) is 0.222. The third-order valence-corrected chi connectivity index (χ3v) is 8.84. The van der Waals surface area contributed by atoms with Crippen LogP contribution in [-0.4, -0.2) is 30.4 Å². The Morgan fingerprint density at radius 1 is 0.758 bits per heavy atom. The molecule has 166 valence electrons. The van der Waals surface area contributed by atoms with Crippen molar-refractivity contribution in [2.45, 2.75) is 23.8 Å². The first kappa shape index (κ1) is 20.4. The number of piperidine rings is 1. The zero-order valence-corrected chi connectivity index (χ0v) is 18.9. The summed E-state index contributed by atoms with van der Waals surface area (Å²) in [4.78, 5) is 13.1. The minimum Gasteiger partial charge on any atom is -0.311 e. The van der Waals surface area contributed by atoms with Crippen molar-refractivity contribution in [2.75, 3.05) is 13.1 Å². The van der Waals surface area contributed by atoms with E-state index < -0.39 is 10.0 Å². The van der Waals surface area contributed by atoms with Crippen LogP contribution in [-0.2, 0) is 16.6 Å². The molecular formula is C27H24N2O3S. The summed E-state index contributed by atoms with van der Waals surface area (Å²) in [7, 11) is -3.58. The lowest BCUT2D eigenvalue weighted by Crippen LogP contribution is -2.49. The van der Waals surface area contributed by atoms with E-state index in [-0.39, 0.29) is 17.4 Å². The van der Waals surface area contributed by atoms with Gasteiger partial charge in [0, 0.05) is 42.9 Å². The van der Waals surface area contributed by atoms with E-state index in [1.165, 1.54) is 5.39 Å². The molecule has 6 heteroatoms. The van der Waals surface area contributed by atoms with E-state index in [0.717, 1.165) is 28.6 Å². The molecule has 2 aliphatic rings. The normalized spacial score (nSPS) is 20.5. The molecule has 0 aliphatic carbocycles. The molecular weight excluding hydrogens is 432 g/mol. The minimum absolute atomic E-state index is 0.0106. The lowest BCUT2D eigenvalue weighted by molar-refractivity contribution is 0.187. The third-order valence-electron chi connectivity index (χ3n) is 7.00. The molecule has 2 aliphatic heterocycles. The number of rotatable bonds is 3. The molecule has 2 bridgehead atoms. The fourth-order valence-corrected chi connectivity index (χ4v) is 7.09. The number of sulfonamides is 1. The predicted molar refractivity (Wildman–Crippen MR) is 130 cm³/mol. The highest BCUT2D eigenvalue weighted by Crippen LogP contribution is 2.41. The highest BCUT2D eigenvalue weighted by molar-refractivity contribution is 7.89. The average Bonchev–Trinajstić information content (AvgIpc) is 2.85. The van der Waals surface area contributed by atoms with Crippen LogP contribution in [0.3, 0.4) is 0 Å². The number of nitrogens with zero attached hydrogens (tertiary/aromatic N) is 2. The second kappa shape index (κ2) is 7.68. The van der Waals surface area contributed by atoms with Gasteiger partial charge in [-0.15, -0.1) is 0 Å². The van der Waals surface area contributed by atoms with Crippen LogP contribution in [0.15, 0.2) is 94.6 Å². The molecule has 6 rings (SSSR count). The summed E-state index contributed by atoms with van der Waals surface area (Å²) < 4.78 is 30.2. The molecule has 1 saturated heterocycles. The lowest BCUT2D eigenvalue weighted by atomic mass is 9.81. The lowest BCUT2D eigenvalue weighted by Gasteiger charge is -2.42. The van der Waals surface area contributed by atoms with Gasteiger partial charge in [-0.05, 0) is 52.9 Å². The van der Waals surface area contributed by atoms with E-state index in [1.54, 1.807) is 34.6 Å². The highest BCUT2D eigenvalue weighted by Gasteiger charge is 2.40. The van der Waals surface area contributed by atoms with E-state index in [9.17, 15) is 13.2 Å². The molecule has 1 fully saturated rings. The summed E-state index contributed by atoms with van der Waals surface area (Å²) >= 11 is 0. The molecule has 0 unspecified atom stereocenters. The Balaban J connectivity index is 1.45. The van der Waals surface area contributed by atoms with E-state index in [4.69, 9.17) is 0 Å². The quantitative estimate of drug-likeness (QED) is 0.457. The summed E-state index contributed by atoms with van der Waals surface area (Å²) in [6.07, 6.45) is 0.894. The monoisotopic (exact) mass is 456 g/mol. The SMILES string of the molecule is O=c1ccc(-c2ccc3ccccc3c2)c2n1C[C@@H]1C[C@@H]2CN(S(=O)(=O)c2ccccc2)C1. The molecule has 0 N–H and O–H groups in total. The zero-order valence-electron chi connectivity index (χ0n) is 18.1. The molecule has 0 spiro atoms. The molecule has 2 atom stereocenters. The Kier molecular flexibility index (Phi) is 4.75. The minimum atomic E-state index is -3.58. The number of aromatic nitrogens is 1. The molecule has 1 aromatic heterocycles. The molecule has 3 aromatic carbocycles. The van der Waals surface area contributed by atoms with Crippen molar-refractivity contribution >= 4 is 20.8 Å². The third kappa shape index (κ3) is 3.41. The largest absolute Gasteiger partial charge is 0.311 e. The van der Waals surface area contributed by atoms with Gasteiger partial charge >= 0.3 is 0 Å². The molecule has 4 aromatic rings. The second-order valence-electron chi connectivity index (χ2n) is 9.08. The Morgan fingerprint density at radius 2 is 1.52 bits per heavy atom. The van der Waals surface area contributed by atoms with Gasteiger partial charge in [-0.3, -0.25) is 4.79 Å². The van der Waals surface area contributed by atoms with Gasteiger partial charge in [-0.1, -0.05) is 54.6 Å². The van der Waals surface area contributed by atoms with Gasteiger partial charge in [0.1, 0.15) is 0 Å². The highest BCUT2D eigenvalue weighted by atomic mass is 32.2. The number of hydrogen-bond donors (Lipinski definition) is 0. The van der Waals surface area contributed by atoms with Crippen LogP contribution >= 0.6 is 0 Å². The van der Waals surface area contributed by atoms with Gasteiger partial charge in [0.25, 0.3) is 5.56 Å². The van der Waals surface area contributed by atoms with E-state index in [2.05, 4.69) is 30.3 Å². The first-order valence-corrected chi connectivity index (χ1v) is 12.7. The molecule has 0 saturated carbocycles. The Hall–Kier alpha value is -3.22. The number of hydrogen-bond acceptors (Lipinski definition) is 3. The van der Waals surface area contributed by atoms with Crippen molar-refractivity contribution in [1.82, 2.24) is 8.87 Å². The van der Waals surface area contributed by atoms with Gasteiger partial charge in [0.15, 0.2) is 0 Å². The molecule has 0 radical (unpaired) electrons. The Morgan fingerprint density at radius 3 is 2.33 bits per heavy atom. The van der Waals surface area contributed by atoms with Gasteiger partial charge < -0.3 is 4.57 Å². The van der Waals surface area contributed by atoms with Gasteiger partial charge in [-0.2, -0.15) is 4.31 Å². The van der Waals surface area contributed by atoms with Crippen LogP contribution in [0, 0.1) is 5.92 Å². The van der Waals surface area contributed by atoms with Crippen molar-refractivity contribution < 1.29 is 8.42 Å². The van der Waals surface area contributed by atoms with Crippen molar-refractivity contribution in [3.63, 3.8) is 0 Å². The summed E-state index contributed by atoms with van der Waals surface area (Å²) in [6.45, 7) is 1.38. The van der Waals surface area contributed by atoms with Crippen LogP contribution in [0.5, 0.6) is 0 Å². The summed E-state index contributed by atoms with van der Waals surface area (Å²) in [5.41, 5.74) is 3.02. The topological polar surface area (TPSA) is 59.4 Å². The number of pyridine rings is 1. The van der Waals surface area contributed by atoms with Crippen molar-refractivity contribution in [3.05, 3.63) is 101 Å². The van der Waals surface area contributed by atoms with Crippen LogP contribution in [0.25, 0.3) is 21.9 Å². The number of fused-ring (bicyclic) bond motifs is 5. The molecule has 3 heterocycles. The van der Waals surface area contributed by atoms with Crippen molar-refractivity contribution in [3.8, 4) is 11.1 Å². The first-order valence-electron chi connectivity index (χ1n) is 11.3. The summed E-state index contributed by atoms with van der Waals surface area (Å²) in [5, 5.41) is 2.31. The predicted octanol–water partition coefficient (Wildman–Crippen LogP) is 4.48. The smallest absolute Gasteiger partial charge is 0.250 e. The van der Waals surface area contributed by atoms with Gasteiger partial charge in [-0.25, -0.2) is 8.42 Å². The second-order valence-corrected chi connectivity index (χ2v) is 11.0. The maximum Gasteiger partial charge on any atom is 0.250 e. The van der Waals surface area contributed by atoms with Crippen molar-refractivity contribution in [2.24, 2.45) is 5.92 Å². The Labute approximate surface area is 193 Å². The van der Waals surface area contributed by atoms with Gasteiger partial charge in [0.05, 0.1) is 4.90 Å². The van der Waals surface area contributed by atoms with Crippen LogP contribution in [0.1, 0.15) is 18.0 Å². The standard InChI is InChI=1S/C27H24N2O3S/c30-26-13-12-25(22-11-10-20-6-4-5-7-21(20)15-22)27-23-14-19(17-29(26)27)16-28(18-23)33(31,32)24-8-2-1-3-9-24/h1-13,15,19,23H,14,16-18H2/t19-,23-/m1/s1. The van der Waals surface area contributed by atoms with Crippen LogP contribution < -0.4 is 5.56 Å². The van der Waals surface area contributed by atoms with E-state index in [0.29, 0.717) is 24.5 Å². The Bertz CT molecular complexity index is 1530. The summed E-state index contributed by atoms with van der Waals surface area (Å²) in [6, 6.07) is 26.8. The van der Waals surface area contributed by atoms with Crippen molar-refractivity contribution in [1.29, 1.82) is 0 Å². The maximum atomic E-state index is 13.4. The average molecular weight is 457 g/mol. The summed E-state index contributed by atoms with van der Waals surface area (Å²) in [5.74, 6) is 0.102. The molecule has 5 nitrogen and oxygen atoms in total. The van der Waals surface area contributed by atoms with Crippen LogP contribution in [0.4, 0.5) is 0 Å². The van der Waals surface area contributed by atoms with Crippen LogP contribution in [0.2, 0.25) is 0 Å². The number of benzene rings is 3. The molecule has 33 heavy (non-hydrogen) atoms. The maximum absolute atomic E-state index is 13.4.